The van der Waals surface area contributed by atoms with Crippen molar-refractivity contribution in [2.24, 2.45) is 0 Å². The van der Waals surface area contributed by atoms with Crippen molar-refractivity contribution in [3.8, 4) is 17.2 Å². The fourth-order valence-electron chi connectivity index (χ4n) is 2.58. The monoisotopic (exact) mass is 377 g/mol. The fraction of sp³-hybridized carbons (Fsp3) is 0.350. The summed E-state index contributed by atoms with van der Waals surface area (Å²) >= 11 is 6.13. The summed E-state index contributed by atoms with van der Waals surface area (Å²) in [5.74, 6) is 1.68. The van der Waals surface area contributed by atoms with Crippen LogP contribution >= 0.6 is 11.6 Å². The molecule has 2 aromatic rings. The van der Waals surface area contributed by atoms with E-state index >= 15 is 0 Å². The van der Waals surface area contributed by atoms with E-state index in [1.54, 1.807) is 38.3 Å². The minimum Gasteiger partial charge on any atom is -0.493 e. The van der Waals surface area contributed by atoms with Gasteiger partial charge in [-0.3, -0.25) is 4.79 Å². The van der Waals surface area contributed by atoms with Crippen LogP contribution in [0.5, 0.6) is 17.2 Å². The molecule has 0 heterocycles. The van der Waals surface area contributed by atoms with Crippen LogP contribution in [0.1, 0.15) is 18.9 Å². The number of carbonyl (C=O) groups excluding carboxylic acids is 1. The summed E-state index contributed by atoms with van der Waals surface area (Å²) in [6.45, 7) is 2.34. The lowest BCUT2D eigenvalue weighted by Crippen LogP contribution is -2.39. The van der Waals surface area contributed by atoms with Crippen molar-refractivity contribution >= 4 is 17.5 Å². The highest BCUT2D eigenvalue weighted by molar-refractivity contribution is 6.32. The van der Waals surface area contributed by atoms with Crippen LogP contribution < -0.4 is 14.2 Å². The second kappa shape index (κ2) is 9.34. The van der Waals surface area contributed by atoms with Crippen LogP contribution in [0.15, 0.2) is 42.5 Å². The number of hydrogen-bond acceptors (Lipinski definition) is 4. The Balaban J connectivity index is 2.08. The summed E-state index contributed by atoms with van der Waals surface area (Å²) in [5.41, 5.74) is 0.936. The lowest BCUT2D eigenvalue weighted by molar-refractivity contribution is -0.138. The number of methoxy groups -OCH3 is 2. The Labute approximate surface area is 159 Å². The highest BCUT2D eigenvalue weighted by Gasteiger charge is 2.23. The molecule has 140 valence electrons. The first kappa shape index (κ1) is 19.9. The van der Waals surface area contributed by atoms with Gasteiger partial charge in [-0.05, 0) is 36.2 Å². The molecule has 0 aliphatic heterocycles. The van der Waals surface area contributed by atoms with Gasteiger partial charge >= 0.3 is 0 Å². The molecular weight excluding hydrogens is 354 g/mol. The average Bonchev–Trinajstić information content (AvgIpc) is 2.66. The summed E-state index contributed by atoms with van der Waals surface area (Å²) in [6, 6.07) is 12.7. The first-order chi connectivity index (χ1) is 12.5. The zero-order chi connectivity index (χ0) is 19.1. The molecule has 0 aliphatic carbocycles. The van der Waals surface area contributed by atoms with Crippen LogP contribution in [0.25, 0.3) is 0 Å². The molecule has 5 nitrogen and oxygen atoms in total. The maximum Gasteiger partial charge on any atom is 0.263 e. The van der Waals surface area contributed by atoms with E-state index < -0.39 is 6.10 Å². The number of carbonyl (C=O) groups is 1. The summed E-state index contributed by atoms with van der Waals surface area (Å²) in [4.78, 5) is 14.4. The summed E-state index contributed by atoms with van der Waals surface area (Å²) in [7, 11) is 4.92. The van der Waals surface area contributed by atoms with Gasteiger partial charge in [-0.15, -0.1) is 0 Å². The molecule has 0 aromatic heterocycles. The Hall–Kier alpha value is -2.40. The number of nitrogens with zero attached hydrogens (tertiary/aromatic N) is 1. The molecule has 0 radical (unpaired) electrons. The van der Waals surface area contributed by atoms with Gasteiger partial charge in [0, 0.05) is 13.6 Å². The van der Waals surface area contributed by atoms with Crippen molar-refractivity contribution < 1.29 is 19.0 Å². The third kappa shape index (κ3) is 4.82. The second-order valence-electron chi connectivity index (χ2n) is 5.83. The molecule has 0 fully saturated rings. The Bertz CT molecular complexity index is 750. The third-order valence-corrected chi connectivity index (χ3v) is 4.31. The van der Waals surface area contributed by atoms with Crippen molar-refractivity contribution in [2.75, 3.05) is 21.3 Å². The molecule has 2 aromatic carbocycles. The van der Waals surface area contributed by atoms with Crippen LogP contribution in [-0.2, 0) is 11.3 Å². The molecule has 0 unspecified atom stereocenters. The van der Waals surface area contributed by atoms with Crippen LogP contribution in [0.4, 0.5) is 0 Å². The highest BCUT2D eigenvalue weighted by atomic mass is 35.5. The molecule has 26 heavy (non-hydrogen) atoms. The van der Waals surface area contributed by atoms with Crippen LogP contribution in [0.2, 0.25) is 5.02 Å². The van der Waals surface area contributed by atoms with Crippen molar-refractivity contribution in [3.05, 3.63) is 53.1 Å². The minimum atomic E-state index is -0.597. The predicted octanol–water partition coefficient (Wildman–Crippen LogP) is 4.17. The summed E-state index contributed by atoms with van der Waals surface area (Å²) in [5, 5.41) is 0.487. The number of benzene rings is 2. The van der Waals surface area contributed by atoms with E-state index in [-0.39, 0.29) is 5.91 Å². The largest absolute Gasteiger partial charge is 0.493 e. The number of likely N-dealkylation sites (N-methyl/N-ethyl adjacent to an activating group) is 1. The molecule has 0 saturated heterocycles. The molecule has 0 spiro atoms. The van der Waals surface area contributed by atoms with Gasteiger partial charge in [0.05, 0.1) is 19.2 Å². The van der Waals surface area contributed by atoms with Crippen LogP contribution in [0.3, 0.4) is 0 Å². The van der Waals surface area contributed by atoms with Crippen LogP contribution in [-0.4, -0.2) is 38.2 Å². The molecular formula is C20H24ClNO4. The lowest BCUT2D eigenvalue weighted by atomic mass is 10.1. The number of amides is 1. The Kier molecular flexibility index (Phi) is 7.16. The average molecular weight is 378 g/mol. The SMILES string of the molecule is CC[C@@H](Oc1ccccc1Cl)C(=O)N(C)Cc1ccc(OC)c(OC)c1. The smallest absolute Gasteiger partial charge is 0.263 e. The molecule has 2 rings (SSSR count). The van der Waals surface area contributed by atoms with Crippen molar-refractivity contribution in [1.29, 1.82) is 0 Å². The number of para-hydroxylation sites is 1. The molecule has 1 amide bonds. The van der Waals surface area contributed by atoms with E-state index in [1.807, 2.05) is 37.3 Å². The van der Waals surface area contributed by atoms with Gasteiger partial charge in [0.25, 0.3) is 5.91 Å². The van der Waals surface area contributed by atoms with Gasteiger partial charge in [0.2, 0.25) is 0 Å². The molecule has 0 aliphatic rings. The third-order valence-electron chi connectivity index (χ3n) is 4.00. The maximum atomic E-state index is 12.8. The Morgan fingerprint density at radius 1 is 1.08 bits per heavy atom. The lowest BCUT2D eigenvalue weighted by Gasteiger charge is -2.24. The molecule has 0 bridgehead atoms. The zero-order valence-corrected chi connectivity index (χ0v) is 16.2. The molecule has 6 heteroatoms. The first-order valence-corrected chi connectivity index (χ1v) is 8.75. The van der Waals surface area contributed by atoms with Gasteiger partial charge < -0.3 is 19.1 Å². The van der Waals surface area contributed by atoms with Crippen molar-refractivity contribution in [1.82, 2.24) is 4.90 Å². The quantitative estimate of drug-likeness (QED) is 0.692. The number of ether oxygens (including phenoxy) is 3. The summed E-state index contributed by atoms with van der Waals surface area (Å²) in [6.07, 6.45) is -0.0552. The molecule has 0 N–H and O–H groups in total. The normalized spacial score (nSPS) is 11.6. The summed E-state index contributed by atoms with van der Waals surface area (Å²) < 4.78 is 16.4. The Morgan fingerprint density at radius 3 is 2.38 bits per heavy atom. The van der Waals surface area contributed by atoms with E-state index in [1.165, 1.54) is 0 Å². The number of hydrogen-bond donors (Lipinski definition) is 0. The standard InChI is InChI=1S/C20H24ClNO4/c1-5-16(26-17-9-7-6-8-15(17)21)20(23)22(2)13-14-10-11-18(24-3)19(12-14)25-4/h6-12,16H,5,13H2,1-4H3/t16-/m1/s1. The van der Waals surface area contributed by atoms with Gasteiger partial charge in [-0.25, -0.2) is 0 Å². The van der Waals surface area contributed by atoms with Crippen LogP contribution in [0, 0.1) is 0 Å². The maximum absolute atomic E-state index is 12.8. The predicted molar refractivity (Wildman–Crippen MR) is 102 cm³/mol. The zero-order valence-electron chi connectivity index (χ0n) is 15.5. The van der Waals surface area contributed by atoms with Gasteiger partial charge in [-0.2, -0.15) is 0 Å². The minimum absolute atomic E-state index is 0.109. The van der Waals surface area contributed by atoms with Crippen molar-refractivity contribution in [3.63, 3.8) is 0 Å². The van der Waals surface area contributed by atoms with Gasteiger partial charge in [0.1, 0.15) is 5.75 Å². The number of halogens is 1. The fourth-order valence-corrected chi connectivity index (χ4v) is 2.76. The number of rotatable bonds is 8. The first-order valence-electron chi connectivity index (χ1n) is 8.37. The van der Waals surface area contributed by atoms with Gasteiger partial charge in [0.15, 0.2) is 17.6 Å². The Morgan fingerprint density at radius 2 is 1.77 bits per heavy atom. The van der Waals surface area contributed by atoms with E-state index in [0.717, 1.165) is 5.56 Å². The highest BCUT2D eigenvalue weighted by Crippen LogP contribution is 2.28. The van der Waals surface area contributed by atoms with E-state index in [9.17, 15) is 4.79 Å². The molecule has 1 atom stereocenters. The van der Waals surface area contributed by atoms with Gasteiger partial charge in [-0.1, -0.05) is 36.7 Å². The molecule has 0 saturated carbocycles. The topological polar surface area (TPSA) is 48.0 Å². The van der Waals surface area contributed by atoms with E-state index in [0.29, 0.717) is 35.2 Å². The van der Waals surface area contributed by atoms with Crippen molar-refractivity contribution in [2.45, 2.75) is 26.0 Å². The van der Waals surface area contributed by atoms with E-state index in [4.69, 9.17) is 25.8 Å². The second-order valence-corrected chi connectivity index (χ2v) is 6.24. The van der Waals surface area contributed by atoms with E-state index in [2.05, 4.69) is 0 Å².